The lowest BCUT2D eigenvalue weighted by atomic mass is 10.1. The predicted molar refractivity (Wildman–Crippen MR) is 55.4 cm³/mol. The fraction of sp³-hybridized carbons (Fsp3) is 0.800. The number of hydrogen-bond donors (Lipinski definition) is 3. The lowest BCUT2D eigenvalue weighted by molar-refractivity contribution is -0.143. The molecule has 0 bridgehead atoms. The molecule has 0 spiro atoms. The Kier molecular flexibility index (Phi) is 4.08. The summed E-state index contributed by atoms with van der Waals surface area (Å²) in [4.78, 5) is 22.4. The second kappa shape index (κ2) is 5.11. The van der Waals surface area contributed by atoms with Crippen LogP contribution in [-0.2, 0) is 9.59 Å². The number of carboxylic acid groups (broad SMARTS) is 1. The van der Waals surface area contributed by atoms with Gasteiger partial charge in [-0.25, -0.2) is 4.79 Å². The lowest BCUT2D eigenvalue weighted by Gasteiger charge is -2.17. The van der Waals surface area contributed by atoms with E-state index in [1.54, 1.807) is 14.0 Å². The molecule has 0 radical (unpaired) electrons. The largest absolute Gasteiger partial charge is 0.480 e. The summed E-state index contributed by atoms with van der Waals surface area (Å²) in [7, 11) is 1.76. The molecule has 5 nitrogen and oxygen atoms in total. The smallest absolute Gasteiger partial charge is 0.326 e. The fourth-order valence-corrected chi connectivity index (χ4v) is 1.51. The Hall–Kier alpha value is -1.10. The normalized spacial score (nSPS) is 19.3. The molecule has 2 atom stereocenters. The van der Waals surface area contributed by atoms with Gasteiger partial charge in [0.15, 0.2) is 0 Å². The molecule has 1 fully saturated rings. The monoisotopic (exact) mass is 214 g/mol. The molecule has 1 amide bonds. The van der Waals surface area contributed by atoms with Gasteiger partial charge in [0.1, 0.15) is 6.04 Å². The van der Waals surface area contributed by atoms with Crippen LogP contribution in [0.2, 0.25) is 0 Å². The molecule has 1 aliphatic rings. The van der Waals surface area contributed by atoms with Crippen molar-refractivity contribution >= 4 is 11.9 Å². The molecule has 0 saturated heterocycles. The molecule has 86 valence electrons. The number of amides is 1. The maximum absolute atomic E-state index is 11.6. The number of hydrogen-bond acceptors (Lipinski definition) is 3. The Balaban J connectivity index is 2.43. The van der Waals surface area contributed by atoms with Crippen molar-refractivity contribution in [3.63, 3.8) is 0 Å². The molecule has 2 unspecified atom stereocenters. The Morgan fingerprint density at radius 3 is 2.47 bits per heavy atom. The summed E-state index contributed by atoms with van der Waals surface area (Å²) in [5.41, 5.74) is 0. The van der Waals surface area contributed by atoms with E-state index < -0.39 is 12.0 Å². The quantitative estimate of drug-likeness (QED) is 0.573. The standard InChI is InChI=1S/C10H18N2O3/c1-6(5-11-2)9(13)12-8(10(14)15)7-3-4-7/h6-8,11H,3-5H2,1-2H3,(H,12,13)(H,14,15). The van der Waals surface area contributed by atoms with Gasteiger partial charge in [-0.15, -0.1) is 0 Å². The van der Waals surface area contributed by atoms with Gasteiger partial charge >= 0.3 is 5.97 Å². The Morgan fingerprint density at radius 2 is 2.07 bits per heavy atom. The molecule has 1 saturated carbocycles. The Morgan fingerprint density at radius 1 is 1.47 bits per heavy atom. The summed E-state index contributed by atoms with van der Waals surface area (Å²) in [6.07, 6.45) is 1.80. The topological polar surface area (TPSA) is 78.4 Å². The van der Waals surface area contributed by atoms with Gasteiger partial charge in [0.2, 0.25) is 5.91 Å². The number of aliphatic carboxylic acids is 1. The van der Waals surface area contributed by atoms with Crippen LogP contribution in [0.25, 0.3) is 0 Å². The van der Waals surface area contributed by atoms with E-state index in [2.05, 4.69) is 10.6 Å². The van der Waals surface area contributed by atoms with Crippen molar-refractivity contribution < 1.29 is 14.7 Å². The first kappa shape index (κ1) is 12.0. The van der Waals surface area contributed by atoms with Gasteiger partial charge in [-0.2, -0.15) is 0 Å². The summed E-state index contributed by atoms with van der Waals surface area (Å²) >= 11 is 0. The average Bonchev–Trinajstić information content (AvgIpc) is 2.97. The third kappa shape index (κ3) is 3.51. The van der Waals surface area contributed by atoms with Gasteiger partial charge in [0.05, 0.1) is 0 Å². The minimum Gasteiger partial charge on any atom is -0.480 e. The lowest BCUT2D eigenvalue weighted by Crippen LogP contribution is -2.46. The second-order valence-electron chi connectivity index (χ2n) is 4.12. The van der Waals surface area contributed by atoms with Crippen molar-refractivity contribution in [1.82, 2.24) is 10.6 Å². The van der Waals surface area contributed by atoms with Crippen LogP contribution in [-0.4, -0.2) is 36.6 Å². The first-order valence-electron chi connectivity index (χ1n) is 5.24. The number of carboxylic acids is 1. The third-order valence-corrected chi connectivity index (χ3v) is 2.62. The van der Waals surface area contributed by atoms with Crippen molar-refractivity contribution in [2.45, 2.75) is 25.8 Å². The minimum absolute atomic E-state index is 0.133. The summed E-state index contributed by atoms with van der Waals surface area (Å²) < 4.78 is 0. The Labute approximate surface area is 89.2 Å². The summed E-state index contributed by atoms with van der Waals surface area (Å²) in [5.74, 6) is -1.19. The highest BCUT2D eigenvalue weighted by atomic mass is 16.4. The van der Waals surface area contributed by atoms with Crippen molar-refractivity contribution in [3.8, 4) is 0 Å². The van der Waals surface area contributed by atoms with Crippen LogP contribution in [0.5, 0.6) is 0 Å². The highest BCUT2D eigenvalue weighted by Gasteiger charge is 2.37. The van der Waals surface area contributed by atoms with Gasteiger partial charge in [0.25, 0.3) is 0 Å². The zero-order chi connectivity index (χ0) is 11.4. The van der Waals surface area contributed by atoms with E-state index in [4.69, 9.17) is 5.11 Å². The van der Waals surface area contributed by atoms with Crippen LogP contribution in [0.15, 0.2) is 0 Å². The van der Waals surface area contributed by atoms with Crippen molar-refractivity contribution in [1.29, 1.82) is 0 Å². The SMILES string of the molecule is CNCC(C)C(=O)NC(C(=O)O)C1CC1. The van der Waals surface area contributed by atoms with E-state index >= 15 is 0 Å². The molecule has 0 aromatic heterocycles. The highest BCUT2D eigenvalue weighted by molar-refractivity contribution is 5.85. The van der Waals surface area contributed by atoms with Gasteiger partial charge in [-0.3, -0.25) is 4.79 Å². The van der Waals surface area contributed by atoms with E-state index in [-0.39, 0.29) is 17.7 Å². The van der Waals surface area contributed by atoms with Crippen LogP contribution in [0.4, 0.5) is 0 Å². The zero-order valence-electron chi connectivity index (χ0n) is 9.12. The van der Waals surface area contributed by atoms with Crippen LogP contribution in [0, 0.1) is 11.8 Å². The first-order chi connectivity index (χ1) is 7.06. The van der Waals surface area contributed by atoms with Crippen molar-refractivity contribution in [2.75, 3.05) is 13.6 Å². The van der Waals surface area contributed by atoms with E-state index in [9.17, 15) is 9.59 Å². The van der Waals surface area contributed by atoms with Gasteiger partial charge in [-0.1, -0.05) is 6.92 Å². The van der Waals surface area contributed by atoms with E-state index in [0.717, 1.165) is 12.8 Å². The number of nitrogens with one attached hydrogen (secondary N) is 2. The van der Waals surface area contributed by atoms with Crippen LogP contribution in [0.1, 0.15) is 19.8 Å². The van der Waals surface area contributed by atoms with Gasteiger partial charge in [0, 0.05) is 12.5 Å². The number of carbonyl (C=O) groups excluding carboxylic acids is 1. The second-order valence-corrected chi connectivity index (χ2v) is 4.12. The van der Waals surface area contributed by atoms with E-state index in [1.165, 1.54) is 0 Å². The predicted octanol–water partition coefficient (Wildman–Crippen LogP) is -0.179. The molecule has 1 rings (SSSR count). The maximum Gasteiger partial charge on any atom is 0.326 e. The van der Waals surface area contributed by atoms with Crippen molar-refractivity contribution in [3.05, 3.63) is 0 Å². The molecule has 3 N–H and O–H groups in total. The number of carbonyl (C=O) groups is 2. The molecule has 0 heterocycles. The minimum atomic E-state index is -0.928. The van der Waals surface area contributed by atoms with Crippen molar-refractivity contribution in [2.24, 2.45) is 11.8 Å². The average molecular weight is 214 g/mol. The van der Waals surface area contributed by atoms with Crippen LogP contribution < -0.4 is 10.6 Å². The summed E-state index contributed by atoms with van der Waals surface area (Å²) in [5, 5.41) is 14.4. The molecule has 15 heavy (non-hydrogen) atoms. The third-order valence-electron chi connectivity index (χ3n) is 2.62. The summed E-state index contributed by atoms with van der Waals surface area (Å²) in [6, 6.07) is -0.697. The van der Waals surface area contributed by atoms with E-state index in [0.29, 0.717) is 6.54 Å². The molecule has 5 heteroatoms. The molecule has 1 aliphatic carbocycles. The van der Waals surface area contributed by atoms with Gasteiger partial charge < -0.3 is 15.7 Å². The van der Waals surface area contributed by atoms with Crippen LogP contribution in [0.3, 0.4) is 0 Å². The maximum atomic E-state index is 11.6. The molecule has 0 aromatic rings. The van der Waals surface area contributed by atoms with Crippen LogP contribution >= 0.6 is 0 Å². The summed E-state index contributed by atoms with van der Waals surface area (Å²) in [6.45, 7) is 2.33. The Bertz CT molecular complexity index is 251. The molecular weight excluding hydrogens is 196 g/mol. The molecule has 0 aliphatic heterocycles. The highest BCUT2D eigenvalue weighted by Crippen LogP contribution is 2.32. The number of rotatable bonds is 6. The molecule has 0 aromatic carbocycles. The molecular formula is C10H18N2O3. The fourth-order valence-electron chi connectivity index (χ4n) is 1.51. The van der Waals surface area contributed by atoms with E-state index in [1.807, 2.05) is 0 Å². The zero-order valence-corrected chi connectivity index (χ0v) is 9.12. The van der Waals surface area contributed by atoms with Gasteiger partial charge in [-0.05, 0) is 25.8 Å². The first-order valence-corrected chi connectivity index (χ1v) is 5.24.